The van der Waals surface area contributed by atoms with E-state index in [1.807, 2.05) is 0 Å². The van der Waals surface area contributed by atoms with E-state index in [0.717, 1.165) is 25.9 Å². The molecule has 0 aliphatic heterocycles. The molecule has 0 spiro atoms. The van der Waals surface area contributed by atoms with Gasteiger partial charge in [0.25, 0.3) is 0 Å². The number of nitrogens with one attached hydrogen (secondary N) is 1. The lowest BCUT2D eigenvalue weighted by atomic mass is 9.94. The minimum absolute atomic E-state index is 0. The molecule has 0 unspecified atom stereocenters. The normalized spacial score (nSPS) is 10.6. The summed E-state index contributed by atoms with van der Waals surface area (Å²) in [5, 5.41) is 2.92. The molecule has 0 fully saturated rings. The molecular formula is C12H29Cl2N3O. The van der Waals surface area contributed by atoms with Gasteiger partial charge in [0.2, 0.25) is 5.91 Å². The lowest BCUT2D eigenvalue weighted by molar-refractivity contribution is -0.122. The van der Waals surface area contributed by atoms with Crippen molar-refractivity contribution >= 4 is 30.7 Å². The first-order chi connectivity index (χ1) is 7.51. The second kappa shape index (κ2) is 12.0. The van der Waals surface area contributed by atoms with Crippen molar-refractivity contribution in [2.45, 2.75) is 46.1 Å². The number of likely N-dealkylation sites (N-methyl/N-ethyl adjacent to an activating group) is 1. The number of nitrogens with zero attached hydrogens (tertiary/aromatic N) is 1. The fourth-order valence-electron chi connectivity index (χ4n) is 1.48. The molecular weight excluding hydrogens is 273 g/mol. The van der Waals surface area contributed by atoms with E-state index in [1.54, 1.807) is 0 Å². The van der Waals surface area contributed by atoms with Gasteiger partial charge in [-0.25, -0.2) is 0 Å². The Morgan fingerprint density at radius 2 is 1.56 bits per heavy atom. The summed E-state index contributed by atoms with van der Waals surface area (Å²) in [5.41, 5.74) is 5.86. The highest BCUT2D eigenvalue weighted by Crippen LogP contribution is 2.09. The number of halogens is 2. The third-order valence-corrected chi connectivity index (χ3v) is 3.31. The Morgan fingerprint density at radius 1 is 1.11 bits per heavy atom. The molecule has 6 heteroatoms. The molecule has 112 valence electrons. The number of hydrogen-bond donors (Lipinski definition) is 2. The average Bonchev–Trinajstić information content (AvgIpc) is 2.33. The summed E-state index contributed by atoms with van der Waals surface area (Å²) in [7, 11) is 0. The summed E-state index contributed by atoms with van der Waals surface area (Å²) >= 11 is 0. The first kappa shape index (κ1) is 23.1. The molecule has 0 aromatic heterocycles. The monoisotopic (exact) mass is 301 g/mol. The van der Waals surface area contributed by atoms with Crippen molar-refractivity contribution < 1.29 is 4.79 Å². The maximum absolute atomic E-state index is 11.6. The Morgan fingerprint density at radius 3 is 1.89 bits per heavy atom. The Bertz CT molecular complexity index is 207. The van der Waals surface area contributed by atoms with Crippen molar-refractivity contribution in [1.29, 1.82) is 0 Å². The number of rotatable bonds is 8. The van der Waals surface area contributed by atoms with E-state index in [1.165, 1.54) is 0 Å². The Labute approximate surface area is 124 Å². The summed E-state index contributed by atoms with van der Waals surface area (Å²) in [5.74, 6) is 0.0698. The van der Waals surface area contributed by atoms with Gasteiger partial charge in [0.05, 0.1) is 6.54 Å². The van der Waals surface area contributed by atoms with Crippen LogP contribution in [-0.4, -0.2) is 42.5 Å². The van der Waals surface area contributed by atoms with Crippen molar-refractivity contribution in [3.63, 3.8) is 0 Å². The van der Waals surface area contributed by atoms with Crippen molar-refractivity contribution in [3.05, 3.63) is 0 Å². The quantitative estimate of drug-likeness (QED) is 0.719. The molecule has 0 saturated heterocycles. The van der Waals surface area contributed by atoms with Gasteiger partial charge in [0, 0.05) is 12.1 Å². The van der Waals surface area contributed by atoms with Gasteiger partial charge < -0.3 is 11.1 Å². The molecule has 0 atom stereocenters. The van der Waals surface area contributed by atoms with E-state index in [2.05, 4.69) is 37.9 Å². The zero-order valence-electron chi connectivity index (χ0n) is 12.0. The summed E-state index contributed by atoms with van der Waals surface area (Å²) < 4.78 is 0. The van der Waals surface area contributed by atoms with E-state index in [0.29, 0.717) is 13.1 Å². The van der Waals surface area contributed by atoms with E-state index in [4.69, 9.17) is 5.73 Å². The second-order valence-corrected chi connectivity index (χ2v) is 4.31. The molecule has 0 aromatic rings. The van der Waals surface area contributed by atoms with Gasteiger partial charge in [0.15, 0.2) is 0 Å². The van der Waals surface area contributed by atoms with Crippen LogP contribution in [0.5, 0.6) is 0 Å². The molecule has 18 heavy (non-hydrogen) atoms. The average molecular weight is 302 g/mol. The third kappa shape index (κ3) is 8.97. The van der Waals surface area contributed by atoms with Crippen LogP contribution in [0.1, 0.15) is 40.5 Å². The summed E-state index contributed by atoms with van der Waals surface area (Å²) in [6, 6.07) is 0. The van der Waals surface area contributed by atoms with E-state index >= 15 is 0 Å². The fraction of sp³-hybridized carbons (Fsp3) is 0.917. The van der Waals surface area contributed by atoms with Crippen LogP contribution in [0.25, 0.3) is 0 Å². The zero-order valence-corrected chi connectivity index (χ0v) is 13.6. The fourth-order valence-corrected chi connectivity index (χ4v) is 1.48. The minimum Gasteiger partial charge on any atom is -0.353 e. The zero-order chi connectivity index (χ0) is 12.6. The molecule has 0 saturated carbocycles. The molecule has 0 heterocycles. The summed E-state index contributed by atoms with van der Waals surface area (Å²) in [6.45, 7) is 11.1. The molecule has 0 bridgehead atoms. The lowest BCUT2D eigenvalue weighted by Gasteiger charge is -2.27. The first-order valence-electron chi connectivity index (χ1n) is 6.29. The predicted octanol–water partition coefficient (Wildman–Crippen LogP) is 1.81. The molecule has 1 amide bonds. The highest BCUT2D eigenvalue weighted by atomic mass is 35.5. The van der Waals surface area contributed by atoms with Crippen molar-refractivity contribution in [2.75, 3.05) is 26.2 Å². The van der Waals surface area contributed by atoms with Crippen LogP contribution >= 0.6 is 24.8 Å². The smallest absolute Gasteiger partial charge is 0.234 e. The maximum Gasteiger partial charge on any atom is 0.234 e. The first-order valence-corrected chi connectivity index (χ1v) is 6.29. The van der Waals surface area contributed by atoms with Crippen LogP contribution in [0.2, 0.25) is 0 Å². The molecule has 4 nitrogen and oxygen atoms in total. The van der Waals surface area contributed by atoms with Gasteiger partial charge in [-0.1, -0.05) is 27.7 Å². The number of amides is 1. The highest BCUT2D eigenvalue weighted by Gasteiger charge is 2.21. The number of hydrogen-bond acceptors (Lipinski definition) is 3. The van der Waals surface area contributed by atoms with Gasteiger partial charge in [-0.3, -0.25) is 9.69 Å². The standard InChI is InChI=1S/C12H27N3O.2ClH/c1-5-12(13,6-2)10-14-11(16)9-15(7-3)8-4;;/h5-10,13H2,1-4H3,(H,14,16);2*1H. The van der Waals surface area contributed by atoms with Crippen molar-refractivity contribution in [3.8, 4) is 0 Å². The largest absolute Gasteiger partial charge is 0.353 e. The Balaban J connectivity index is -0.00000112. The van der Waals surface area contributed by atoms with Crippen LogP contribution in [0, 0.1) is 0 Å². The Hall–Kier alpha value is -0.0300. The van der Waals surface area contributed by atoms with Gasteiger partial charge >= 0.3 is 0 Å². The number of carbonyl (C=O) groups is 1. The minimum atomic E-state index is -0.251. The summed E-state index contributed by atoms with van der Waals surface area (Å²) in [4.78, 5) is 13.7. The maximum atomic E-state index is 11.6. The third-order valence-electron chi connectivity index (χ3n) is 3.31. The van der Waals surface area contributed by atoms with Crippen LogP contribution in [-0.2, 0) is 4.79 Å². The van der Waals surface area contributed by atoms with Crippen molar-refractivity contribution in [1.82, 2.24) is 10.2 Å². The number of carbonyl (C=O) groups excluding carboxylic acids is 1. The molecule has 0 radical (unpaired) electrons. The summed E-state index contributed by atoms with van der Waals surface area (Å²) in [6.07, 6.45) is 1.77. The molecule has 0 aliphatic rings. The van der Waals surface area contributed by atoms with Crippen LogP contribution in [0.4, 0.5) is 0 Å². The van der Waals surface area contributed by atoms with Gasteiger partial charge in [0.1, 0.15) is 0 Å². The highest BCUT2D eigenvalue weighted by molar-refractivity contribution is 5.85. The van der Waals surface area contributed by atoms with Crippen LogP contribution < -0.4 is 11.1 Å². The van der Waals surface area contributed by atoms with E-state index < -0.39 is 0 Å². The van der Waals surface area contributed by atoms with Crippen LogP contribution in [0.15, 0.2) is 0 Å². The number of nitrogens with two attached hydrogens (primary N) is 1. The topological polar surface area (TPSA) is 58.4 Å². The molecule has 0 aromatic carbocycles. The SMILES string of the molecule is CCN(CC)CC(=O)NCC(N)(CC)CC.Cl.Cl. The van der Waals surface area contributed by atoms with Gasteiger partial charge in [-0.05, 0) is 25.9 Å². The molecule has 3 N–H and O–H groups in total. The van der Waals surface area contributed by atoms with E-state index in [-0.39, 0.29) is 36.3 Å². The van der Waals surface area contributed by atoms with Crippen LogP contribution in [0.3, 0.4) is 0 Å². The van der Waals surface area contributed by atoms with E-state index in [9.17, 15) is 4.79 Å². The van der Waals surface area contributed by atoms with Gasteiger partial charge in [-0.2, -0.15) is 0 Å². The van der Waals surface area contributed by atoms with Gasteiger partial charge in [-0.15, -0.1) is 24.8 Å². The molecule has 0 rings (SSSR count). The molecule has 0 aliphatic carbocycles. The predicted molar refractivity (Wildman–Crippen MR) is 82.8 cm³/mol. The second-order valence-electron chi connectivity index (χ2n) is 4.31. The Kier molecular flexibility index (Phi) is 15.4. The lowest BCUT2D eigenvalue weighted by Crippen LogP contribution is -2.50. The van der Waals surface area contributed by atoms with Crippen molar-refractivity contribution in [2.24, 2.45) is 5.73 Å².